The maximum absolute atomic E-state index is 2.35. The fourth-order valence-corrected chi connectivity index (χ4v) is 8.24. The first-order valence-electron chi connectivity index (χ1n) is 16.7. The van der Waals surface area contributed by atoms with Gasteiger partial charge in [-0.25, -0.2) is 0 Å². The normalized spacial score (nSPS) is 11.8. The van der Waals surface area contributed by atoms with Gasteiger partial charge in [-0.3, -0.25) is 0 Å². The molecular formula is C48H30. The van der Waals surface area contributed by atoms with Gasteiger partial charge in [0, 0.05) is 0 Å². The van der Waals surface area contributed by atoms with Crippen LogP contribution in [0.4, 0.5) is 0 Å². The van der Waals surface area contributed by atoms with Crippen LogP contribution in [0.2, 0.25) is 0 Å². The van der Waals surface area contributed by atoms with Gasteiger partial charge in [-0.1, -0.05) is 182 Å². The Morgan fingerprint density at radius 3 is 1.50 bits per heavy atom. The third-order valence-electron chi connectivity index (χ3n) is 10.2. The zero-order chi connectivity index (χ0) is 31.6. The highest BCUT2D eigenvalue weighted by molar-refractivity contribution is 6.30. The van der Waals surface area contributed by atoms with E-state index >= 15 is 0 Å². The van der Waals surface area contributed by atoms with Crippen LogP contribution in [0.1, 0.15) is 0 Å². The zero-order valence-corrected chi connectivity index (χ0v) is 26.3. The minimum atomic E-state index is 1.22. The molecule has 1 aliphatic carbocycles. The number of rotatable bonds is 4. The van der Waals surface area contributed by atoms with Crippen molar-refractivity contribution in [2.45, 2.75) is 0 Å². The maximum atomic E-state index is 2.35. The molecule has 0 aliphatic heterocycles. The van der Waals surface area contributed by atoms with Crippen molar-refractivity contribution in [3.05, 3.63) is 182 Å². The van der Waals surface area contributed by atoms with Crippen molar-refractivity contribution in [1.82, 2.24) is 0 Å². The van der Waals surface area contributed by atoms with Crippen LogP contribution >= 0.6 is 0 Å². The Labute approximate surface area is 280 Å². The van der Waals surface area contributed by atoms with Crippen molar-refractivity contribution in [3.63, 3.8) is 0 Å². The topological polar surface area (TPSA) is 0 Å². The van der Waals surface area contributed by atoms with Gasteiger partial charge in [0.2, 0.25) is 0 Å². The molecule has 0 N–H and O–H groups in total. The van der Waals surface area contributed by atoms with Crippen molar-refractivity contribution in [1.29, 1.82) is 0 Å². The summed E-state index contributed by atoms with van der Waals surface area (Å²) in [5, 5.41) is 7.70. The molecule has 9 aromatic carbocycles. The summed E-state index contributed by atoms with van der Waals surface area (Å²) in [6.07, 6.45) is 0. The molecule has 0 radical (unpaired) electrons. The van der Waals surface area contributed by atoms with Crippen molar-refractivity contribution in [2.75, 3.05) is 0 Å². The van der Waals surface area contributed by atoms with E-state index in [2.05, 4.69) is 182 Å². The van der Waals surface area contributed by atoms with Crippen LogP contribution in [0.15, 0.2) is 182 Å². The molecule has 1 aliphatic rings. The monoisotopic (exact) mass is 606 g/mol. The molecule has 0 aromatic heterocycles. The summed E-state index contributed by atoms with van der Waals surface area (Å²) in [6.45, 7) is 0. The molecule has 48 heavy (non-hydrogen) atoms. The number of fused-ring (bicyclic) bond motifs is 6. The second kappa shape index (κ2) is 10.7. The lowest BCUT2D eigenvalue weighted by atomic mass is 9.78. The molecule has 0 fully saturated rings. The predicted octanol–water partition coefficient (Wildman–Crippen LogP) is 13.5. The SMILES string of the molecule is c1ccc(-c2c(-c3ccccc3-c3cccc4ccccc34)c3c4c(cccc4c2-c2ccccc2)-c2ccc4ccccc4c2-3)cc1. The van der Waals surface area contributed by atoms with E-state index in [4.69, 9.17) is 0 Å². The Morgan fingerprint density at radius 2 is 0.729 bits per heavy atom. The molecule has 222 valence electrons. The van der Waals surface area contributed by atoms with E-state index < -0.39 is 0 Å². The first kappa shape index (κ1) is 26.9. The summed E-state index contributed by atoms with van der Waals surface area (Å²) in [6, 6.07) is 67.0. The third-order valence-corrected chi connectivity index (χ3v) is 10.2. The van der Waals surface area contributed by atoms with Crippen LogP contribution in [-0.2, 0) is 0 Å². The lowest BCUT2D eigenvalue weighted by molar-refractivity contribution is 1.58. The molecule has 0 bridgehead atoms. The zero-order valence-electron chi connectivity index (χ0n) is 26.3. The summed E-state index contributed by atoms with van der Waals surface area (Å²) in [5.74, 6) is 0. The molecule has 0 saturated heterocycles. The van der Waals surface area contributed by atoms with Gasteiger partial charge in [0.05, 0.1) is 0 Å². The Balaban J connectivity index is 1.47. The molecule has 0 nitrogen and oxygen atoms in total. The fourth-order valence-electron chi connectivity index (χ4n) is 8.24. The van der Waals surface area contributed by atoms with Crippen molar-refractivity contribution >= 4 is 32.3 Å². The lowest BCUT2D eigenvalue weighted by Crippen LogP contribution is -1.97. The summed E-state index contributed by atoms with van der Waals surface area (Å²) in [5.41, 5.74) is 15.3. The molecule has 10 rings (SSSR count). The van der Waals surface area contributed by atoms with E-state index in [0.29, 0.717) is 0 Å². The summed E-state index contributed by atoms with van der Waals surface area (Å²) >= 11 is 0. The van der Waals surface area contributed by atoms with Gasteiger partial charge in [-0.15, -0.1) is 0 Å². The molecule has 0 unspecified atom stereocenters. The van der Waals surface area contributed by atoms with E-state index in [0.717, 1.165) is 0 Å². The van der Waals surface area contributed by atoms with E-state index in [1.54, 1.807) is 0 Å². The summed E-state index contributed by atoms with van der Waals surface area (Å²) in [7, 11) is 0. The standard InChI is InChI=1S/C48H30/c1-3-17-33(18-4-1)43-42-28-14-27-40-41-30-29-32-16-8-10-23-36(32)45(41)48(46(40)42)47(44(43)34-19-5-2-6-20-34)39-25-12-11-24-38(39)37-26-13-21-31-15-7-9-22-35(31)37/h1-30H. The first-order valence-corrected chi connectivity index (χ1v) is 16.7. The second-order valence-corrected chi connectivity index (χ2v) is 12.7. The molecule has 0 heteroatoms. The van der Waals surface area contributed by atoms with Gasteiger partial charge in [-0.2, -0.15) is 0 Å². The molecular weight excluding hydrogens is 577 g/mol. The molecule has 9 aromatic rings. The average molecular weight is 607 g/mol. The van der Waals surface area contributed by atoms with Crippen molar-refractivity contribution in [2.24, 2.45) is 0 Å². The highest BCUT2D eigenvalue weighted by Gasteiger charge is 2.32. The Hall–Kier alpha value is -6.24. The minimum absolute atomic E-state index is 1.22. The number of hydrogen-bond acceptors (Lipinski definition) is 0. The van der Waals surface area contributed by atoms with E-state index in [1.165, 1.54) is 99.1 Å². The Kier molecular flexibility index (Phi) is 5.98. The van der Waals surface area contributed by atoms with Gasteiger partial charge in [0.25, 0.3) is 0 Å². The molecule has 0 saturated carbocycles. The van der Waals surface area contributed by atoms with Crippen LogP contribution in [0.25, 0.3) is 99.1 Å². The maximum Gasteiger partial charge on any atom is -0.000116 e. The third kappa shape index (κ3) is 3.90. The highest BCUT2D eigenvalue weighted by Crippen LogP contribution is 2.60. The fraction of sp³-hybridized carbons (Fsp3) is 0. The first-order chi connectivity index (χ1) is 23.9. The van der Waals surface area contributed by atoms with Gasteiger partial charge in [-0.05, 0) is 99.1 Å². The Morgan fingerprint density at radius 1 is 0.208 bits per heavy atom. The summed E-state index contributed by atoms with van der Waals surface area (Å²) < 4.78 is 0. The average Bonchev–Trinajstić information content (AvgIpc) is 3.51. The van der Waals surface area contributed by atoms with Gasteiger partial charge in [0.15, 0.2) is 0 Å². The van der Waals surface area contributed by atoms with Crippen LogP contribution < -0.4 is 0 Å². The van der Waals surface area contributed by atoms with Crippen LogP contribution in [-0.4, -0.2) is 0 Å². The molecule has 0 atom stereocenters. The van der Waals surface area contributed by atoms with E-state index in [-0.39, 0.29) is 0 Å². The number of hydrogen-bond donors (Lipinski definition) is 0. The van der Waals surface area contributed by atoms with Crippen LogP contribution in [0.5, 0.6) is 0 Å². The van der Waals surface area contributed by atoms with Gasteiger partial charge >= 0.3 is 0 Å². The van der Waals surface area contributed by atoms with Crippen LogP contribution in [0.3, 0.4) is 0 Å². The van der Waals surface area contributed by atoms with Crippen LogP contribution in [0, 0.1) is 0 Å². The predicted molar refractivity (Wildman–Crippen MR) is 205 cm³/mol. The van der Waals surface area contributed by atoms with Crippen molar-refractivity contribution < 1.29 is 0 Å². The summed E-state index contributed by atoms with van der Waals surface area (Å²) in [4.78, 5) is 0. The van der Waals surface area contributed by atoms with Gasteiger partial charge < -0.3 is 0 Å². The van der Waals surface area contributed by atoms with E-state index in [9.17, 15) is 0 Å². The second-order valence-electron chi connectivity index (χ2n) is 12.7. The smallest absolute Gasteiger partial charge is 0.000116 e. The largest absolute Gasteiger partial charge is 0.0622 e. The highest BCUT2D eigenvalue weighted by atomic mass is 14.3. The quantitative estimate of drug-likeness (QED) is 0.187. The molecule has 0 heterocycles. The van der Waals surface area contributed by atoms with Crippen molar-refractivity contribution in [3.8, 4) is 66.8 Å². The molecule has 0 spiro atoms. The van der Waals surface area contributed by atoms with Gasteiger partial charge in [0.1, 0.15) is 0 Å². The lowest BCUT2D eigenvalue weighted by Gasteiger charge is -2.24. The Bertz CT molecular complexity index is 2690. The number of benzene rings is 9. The molecule has 0 amide bonds. The van der Waals surface area contributed by atoms with E-state index in [1.807, 2.05) is 0 Å². The minimum Gasteiger partial charge on any atom is -0.0622 e.